The Morgan fingerprint density at radius 3 is 0.690 bits per heavy atom. The molecule has 250 valence electrons. The Morgan fingerprint density at radius 2 is 0.667 bits per heavy atom. The summed E-state index contributed by atoms with van der Waals surface area (Å²) in [5.74, 6) is 0. The summed E-state index contributed by atoms with van der Waals surface area (Å²) in [4.78, 5) is 20.1. The summed E-state index contributed by atoms with van der Waals surface area (Å²) in [6, 6.07) is 24.0. The van der Waals surface area contributed by atoms with Crippen LogP contribution in [0.15, 0.2) is 82.8 Å². The number of aliphatic imine (C=N–C) groups is 2. The molecule has 0 amide bonds. The molecule has 0 aromatic heterocycles. The maximum atomic E-state index is 8.81. The molecule has 42 heavy (non-hydrogen) atoms. The van der Waals surface area contributed by atoms with Crippen molar-refractivity contribution >= 4 is 86.7 Å². The first kappa shape index (κ1) is 79.4. The Hall–Kier alpha value is 1.99. The molecule has 0 unspecified atom stereocenters. The van der Waals surface area contributed by atoms with Gasteiger partial charge in [0, 0.05) is 127 Å². The number of aldehydes is 1. The molecule has 0 aliphatic heterocycles. The van der Waals surface area contributed by atoms with Gasteiger partial charge in [-0.1, -0.05) is 176 Å². The fourth-order valence-electron chi connectivity index (χ4n) is 1.23. The average Bonchev–Trinajstić information content (AvgIpc) is 2.84. The van der Waals surface area contributed by atoms with Gasteiger partial charge in [-0.25, -0.2) is 0 Å². The summed E-state index contributed by atoms with van der Waals surface area (Å²) in [6.07, 6.45) is 4.25. The van der Waals surface area contributed by atoms with Crippen LogP contribution in [0.25, 0.3) is 0 Å². The van der Waals surface area contributed by atoms with E-state index in [1.165, 1.54) is 6.92 Å². The maximum absolute atomic E-state index is 8.81. The van der Waals surface area contributed by atoms with Crippen LogP contribution in [0.5, 0.6) is 0 Å². The maximum Gasteiger partial charge on any atom is 0.121 e. The van der Waals surface area contributed by atoms with Gasteiger partial charge in [-0.15, -0.1) is 0 Å². The third-order valence-corrected chi connectivity index (χ3v) is 2.03. The van der Waals surface area contributed by atoms with Crippen molar-refractivity contribution in [2.24, 2.45) is 9.98 Å². The number of hydrogen-bond donors (Lipinski definition) is 0. The first-order valence-electron chi connectivity index (χ1n) is 11.6. The molecule has 0 saturated heterocycles. The van der Waals surface area contributed by atoms with E-state index in [9.17, 15) is 0 Å². The van der Waals surface area contributed by atoms with Gasteiger partial charge in [0.1, 0.15) is 5.72 Å². The van der Waals surface area contributed by atoms with Gasteiger partial charge in [-0.05, 0) is 13.8 Å². The van der Waals surface area contributed by atoms with E-state index in [1.54, 1.807) is 26.8 Å². The second kappa shape index (κ2) is 78.9. The topological polar surface area (TPSA) is 48.3 Å². The number of carbonyl (C=O) groups is 1. The summed E-state index contributed by atoms with van der Waals surface area (Å²) >= 11 is 7.05. The zero-order valence-corrected chi connectivity index (χ0v) is 45.3. The molecule has 0 radical (unpaired) electrons. The van der Waals surface area contributed by atoms with Crippen LogP contribution in [0.4, 0.5) is 0 Å². The van der Waals surface area contributed by atoms with Crippen molar-refractivity contribution in [3.63, 3.8) is 0 Å². The molecule has 0 heterocycles. The predicted octanol–water partition coefficient (Wildman–Crippen LogP) is 10.1. The van der Waals surface area contributed by atoms with Crippen LogP contribution in [0, 0.1) is 7.43 Å². The zero-order valence-electron chi connectivity index (χ0n) is 27.1. The van der Waals surface area contributed by atoms with E-state index in [-0.39, 0.29) is 99.1 Å². The van der Waals surface area contributed by atoms with Crippen LogP contribution in [0.3, 0.4) is 0 Å². The number of carbonyl (C=O) groups excluding carboxylic acids is 1. The van der Waals surface area contributed by atoms with Crippen LogP contribution in [0.2, 0.25) is 0 Å². The smallest absolute Gasteiger partial charge is 0.121 e. The number of alkyl halides is 3. The second-order valence-corrected chi connectivity index (χ2v) is 18.7. The van der Waals surface area contributed by atoms with Crippen molar-refractivity contribution in [1.82, 2.24) is 9.80 Å². The Morgan fingerprint density at radius 1 is 0.571 bits per heavy atom. The molecule has 12 heteroatoms. The number of benzene rings is 2. The SMILES string of the molecule is C.CC.CC.CC(I)(I)I.CC=O.CN=CN(C)C.CN=CN(C)C.[CH3-].[W].[W].[W].[W].c1ccccc1.c1ccccc1. The van der Waals surface area contributed by atoms with Crippen LogP contribution >= 0.6 is 67.8 Å². The minimum Gasteiger partial charge on any atom is -0.369 e. The van der Waals surface area contributed by atoms with Crippen molar-refractivity contribution in [2.75, 3.05) is 42.3 Å². The molecule has 0 aliphatic rings. The van der Waals surface area contributed by atoms with Gasteiger partial charge in [-0.2, -0.15) is 0 Å². The van der Waals surface area contributed by atoms with E-state index < -0.39 is 0 Å². The minimum atomic E-state index is 0. The molecule has 5 nitrogen and oxygen atoms in total. The van der Waals surface area contributed by atoms with Crippen molar-refractivity contribution in [1.29, 1.82) is 0 Å². The summed E-state index contributed by atoms with van der Waals surface area (Å²) in [6.45, 7) is 11.6. The Labute approximate surface area is 361 Å². The minimum absolute atomic E-state index is 0. The first-order valence-corrected chi connectivity index (χ1v) is 14.8. The van der Waals surface area contributed by atoms with E-state index in [1.807, 2.05) is 138 Å². The van der Waals surface area contributed by atoms with E-state index in [4.69, 9.17) is 4.79 Å². The molecule has 0 spiro atoms. The van der Waals surface area contributed by atoms with E-state index in [0.717, 1.165) is 6.29 Å². The van der Waals surface area contributed by atoms with Crippen LogP contribution in [-0.2, 0) is 89.1 Å². The standard InChI is InChI=1S/2C6H6.2C4H10N2.C2H3I3.C2H4O.2C2H6.CH4.CH3.4W/c2*1-2-4-6-5-3-1;2*1-5-4-6(2)3;1-2(3,4)5;1-2-3;2*1-2;;;;;;/h2*1-6H;2*4H,1-3H3;1H3;2H,1H3;2*1-2H3;1H4;1H3;;;;/q;;;;;;;;;-1;;;;. The molecular weight excluding hydrogens is 1550 g/mol. The van der Waals surface area contributed by atoms with Crippen molar-refractivity contribution in [3.8, 4) is 0 Å². The molecule has 0 saturated carbocycles. The largest absolute Gasteiger partial charge is 0.369 e. The monoisotopic (exact) mass is 1610 g/mol. The van der Waals surface area contributed by atoms with Gasteiger partial charge in [0.15, 0.2) is 0 Å². The van der Waals surface area contributed by atoms with Crippen LogP contribution in [-0.4, -0.2) is 70.5 Å². The van der Waals surface area contributed by atoms with E-state index in [2.05, 4.69) is 84.7 Å². The molecule has 2 rings (SSSR count). The van der Waals surface area contributed by atoms with Gasteiger partial charge in [0.25, 0.3) is 0 Å². The van der Waals surface area contributed by atoms with Gasteiger partial charge in [0.05, 0.1) is 12.7 Å². The predicted molar refractivity (Wildman–Crippen MR) is 207 cm³/mol. The molecule has 0 atom stereocenters. The van der Waals surface area contributed by atoms with Crippen LogP contribution in [0.1, 0.15) is 49.0 Å². The molecule has 2 aromatic rings. The van der Waals surface area contributed by atoms with Crippen molar-refractivity contribution in [3.05, 3.63) is 80.2 Å². The summed E-state index contributed by atoms with van der Waals surface area (Å²) in [5, 5.41) is 0. The third kappa shape index (κ3) is 177. The van der Waals surface area contributed by atoms with E-state index in [0.29, 0.717) is -0.565 Å². The molecular formula is C30H58I3N4OW4-. The summed E-state index contributed by atoms with van der Waals surface area (Å²) in [5.41, 5.74) is 0. The third-order valence-electron chi connectivity index (χ3n) is 2.03. The van der Waals surface area contributed by atoms with Crippen molar-refractivity contribution < 1.29 is 89.1 Å². The Balaban J connectivity index is -0.0000000246. The normalized spacial score (nSPS) is 7.12. The number of nitrogens with zero attached hydrogens (tertiary/aromatic N) is 4. The van der Waals surface area contributed by atoms with E-state index >= 15 is 0 Å². The quantitative estimate of drug-likeness (QED) is 0.0752. The van der Waals surface area contributed by atoms with Crippen molar-refractivity contribution in [2.45, 2.75) is 48.4 Å². The van der Waals surface area contributed by atoms with Gasteiger partial charge in [-0.3, -0.25) is 9.98 Å². The Bertz CT molecular complexity index is 533. The summed E-state index contributed by atoms with van der Waals surface area (Å²) in [7, 11) is 11.2. The van der Waals surface area contributed by atoms with Crippen LogP contribution < -0.4 is 0 Å². The fourth-order valence-corrected chi connectivity index (χ4v) is 1.23. The van der Waals surface area contributed by atoms with Gasteiger partial charge >= 0.3 is 0 Å². The second-order valence-electron chi connectivity index (χ2n) is 6.00. The summed E-state index contributed by atoms with van der Waals surface area (Å²) < 4.78 is 0.410. The average molecular weight is 1610 g/mol. The fraction of sp³-hybridized carbons (Fsp3) is 0.467. The number of halogens is 3. The Kier molecular flexibility index (Phi) is 149. The zero-order chi connectivity index (χ0) is 29.7. The molecule has 0 N–H and O–H groups in total. The molecule has 0 aliphatic carbocycles. The molecule has 0 bridgehead atoms. The molecule has 2 aromatic carbocycles. The first-order chi connectivity index (χ1) is 17.0. The number of rotatable bonds is 2. The van der Waals surface area contributed by atoms with Gasteiger partial charge < -0.3 is 22.0 Å². The number of hydrogen-bond acceptors (Lipinski definition) is 3. The molecule has 0 fully saturated rings. The van der Waals surface area contributed by atoms with Gasteiger partial charge in [0.2, 0.25) is 0 Å².